The number of nitrogens with zero attached hydrogens (tertiary/aromatic N) is 2. The number of rotatable bonds is 2. The summed E-state index contributed by atoms with van der Waals surface area (Å²) in [5, 5.41) is 1.20. The molecule has 4 rings (SSSR count). The second-order valence-electron chi connectivity index (χ2n) is 4.73. The quantitative estimate of drug-likeness (QED) is 0.579. The summed E-state index contributed by atoms with van der Waals surface area (Å²) in [6.45, 7) is 0. The Balaban J connectivity index is 1.89. The van der Waals surface area contributed by atoms with Crippen LogP contribution in [0, 0.1) is 0 Å². The van der Waals surface area contributed by atoms with Gasteiger partial charge in [-0.2, -0.15) is 0 Å². The van der Waals surface area contributed by atoms with E-state index in [1.807, 2.05) is 42.7 Å². The molecule has 0 saturated carbocycles. The first-order chi connectivity index (χ1) is 9.92. The summed E-state index contributed by atoms with van der Waals surface area (Å²) in [5.74, 6) is 0.924. The van der Waals surface area contributed by atoms with Crippen LogP contribution in [-0.2, 0) is 0 Å². The largest absolute Gasteiger partial charge is 0.352 e. The molecule has 2 heterocycles. The minimum atomic E-state index is 0.924. The average molecular weight is 259 g/mol. The molecule has 0 bridgehead atoms. The number of imidazole rings is 1. The summed E-state index contributed by atoms with van der Waals surface area (Å²) in [6.07, 6.45) is 3.81. The molecular weight excluding hydrogens is 246 g/mol. The van der Waals surface area contributed by atoms with Crippen LogP contribution >= 0.6 is 0 Å². The van der Waals surface area contributed by atoms with Crippen LogP contribution in [0.5, 0.6) is 0 Å². The highest BCUT2D eigenvalue weighted by atomic mass is 15.1. The molecular formula is C17H13N3. The summed E-state index contributed by atoms with van der Waals surface area (Å²) in [6, 6.07) is 20.6. The Kier molecular flexibility index (Phi) is 2.42. The molecule has 0 aliphatic heterocycles. The third-order valence-corrected chi connectivity index (χ3v) is 3.45. The van der Waals surface area contributed by atoms with Crippen molar-refractivity contribution in [2.45, 2.75) is 0 Å². The molecule has 0 spiro atoms. The van der Waals surface area contributed by atoms with E-state index in [0.717, 1.165) is 22.7 Å². The third kappa shape index (κ3) is 1.72. The van der Waals surface area contributed by atoms with E-state index in [0.29, 0.717) is 0 Å². The Bertz CT molecular complexity index is 823. The van der Waals surface area contributed by atoms with Crippen molar-refractivity contribution < 1.29 is 0 Å². The van der Waals surface area contributed by atoms with Crippen molar-refractivity contribution >= 4 is 10.9 Å². The minimum Gasteiger partial charge on any atom is -0.352 e. The summed E-state index contributed by atoms with van der Waals surface area (Å²) >= 11 is 0. The molecule has 0 saturated heterocycles. The minimum absolute atomic E-state index is 0.924. The van der Waals surface area contributed by atoms with Gasteiger partial charge in [0.05, 0.1) is 5.69 Å². The lowest BCUT2D eigenvalue weighted by Crippen LogP contribution is -1.95. The van der Waals surface area contributed by atoms with Crippen LogP contribution in [0.4, 0.5) is 0 Å². The van der Waals surface area contributed by atoms with Gasteiger partial charge in [-0.25, -0.2) is 4.98 Å². The van der Waals surface area contributed by atoms with Crippen LogP contribution < -0.4 is 0 Å². The molecule has 0 aliphatic rings. The third-order valence-electron chi connectivity index (χ3n) is 3.45. The van der Waals surface area contributed by atoms with Gasteiger partial charge in [-0.1, -0.05) is 36.4 Å². The molecule has 20 heavy (non-hydrogen) atoms. The molecule has 0 unspecified atom stereocenters. The molecule has 0 amide bonds. The fourth-order valence-corrected chi connectivity index (χ4v) is 2.49. The van der Waals surface area contributed by atoms with E-state index < -0.39 is 0 Å². The Labute approximate surface area is 116 Å². The zero-order valence-corrected chi connectivity index (χ0v) is 10.8. The molecule has 3 nitrogen and oxygen atoms in total. The number of hydrogen-bond donors (Lipinski definition) is 1. The standard InChI is InChI=1S/C17H13N3/c1-2-7-14(8-3-1)20-11-10-18-17(20)16-12-13-6-4-5-9-15(13)19-16/h1-12,19H. The Morgan fingerprint density at radius 1 is 0.900 bits per heavy atom. The SMILES string of the molecule is c1ccc(-n2ccnc2-c2cc3ccccc3[nH]2)cc1. The van der Waals surface area contributed by atoms with Crippen molar-refractivity contribution in [3.8, 4) is 17.2 Å². The summed E-state index contributed by atoms with van der Waals surface area (Å²) in [4.78, 5) is 7.91. The van der Waals surface area contributed by atoms with Crippen LogP contribution in [0.3, 0.4) is 0 Å². The van der Waals surface area contributed by atoms with Crippen LogP contribution in [0.15, 0.2) is 73.1 Å². The summed E-state index contributed by atoms with van der Waals surface area (Å²) in [5.41, 5.74) is 3.27. The Morgan fingerprint density at radius 3 is 2.55 bits per heavy atom. The maximum Gasteiger partial charge on any atom is 0.161 e. The predicted molar refractivity (Wildman–Crippen MR) is 80.9 cm³/mol. The number of aromatic nitrogens is 3. The van der Waals surface area contributed by atoms with E-state index in [9.17, 15) is 0 Å². The van der Waals surface area contributed by atoms with Gasteiger partial charge in [-0.3, -0.25) is 4.57 Å². The van der Waals surface area contributed by atoms with Gasteiger partial charge in [0.25, 0.3) is 0 Å². The first-order valence-electron chi connectivity index (χ1n) is 6.59. The van der Waals surface area contributed by atoms with Crippen LogP contribution in [0.2, 0.25) is 0 Å². The monoisotopic (exact) mass is 259 g/mol. The lowest BCUT2D eigenvalue weighted by Gasteiger charge is -2.05. The molecule has 0 aliphatic carbocycles. The maximum absolute atomic E-state index is 4.49. The van der Waals surface area contributed by atoms with Gasteiger partial charge in [-0.15, -0.1) is 0 Å². The lowest BCUT2D eigenvalue weighted by atomic mass is 10.2. The van der Waals surface area contributed by atoms with Gasteiger partial charge in [0.15, 0.2) is 5.82 Å². The van der Waals surface area contributed by atoms with Crippen LogP contribution in [-0.4, -0.2) is 14.5 Å². The highest BCUT2D eigenvalue weighted by Crippen LogP contribution is 2.24. The normalized spacial score (nSPS) is 11.0. The molecule has 1 N–H and O–H groups in total. The molecule has 2 aromatic heterocycles. The van der Waals surface area contributed by atoms with Crippen LogP contribution in [0.25, 0.3) is 28.1 Å². The Morgan fingerprint density at radius 2 is 1.70 bits per heavy atom. The van der Waals surface area contributed by atoms with Gasteiger partial charge in [0, 0.05) is 29.0 Å². The molecule has 0 atom stereocenters. The highest BCUT2D eigenvalue weighted by Gasteiger charge is 2.10. The van der Waals surface area contributed by atoms with Gasteiger partial charge in [0.1, 0.15) is 0 Å². The van der Waals surface area contributed by atoms with E-state index in [2.05, 4.69) is 44.9 Å². The van der Waals surface area contributed by atoms with Crippen LogP contribution in [0.1, 0.15) is 0 Å². The van der Waals surface area contributed by atoms with Crippen molar-refractivity contribution in [3.05, 3.63) is 73.1 Å². The molecule has 2 aromatic carbocycles. The van der Waals surface area contributed by atoms with Gasteiger partial charge in [-0.05, 0) is 24.3 Å². The van der Waals surface area contributed by atoms with Crippen molar-refractivity contribution in [1.82, 2.24) is 14.5 Å². The van der Waals surface area contributed by atoms with Crippen molar-refractivity contribution in [1.29, 1.82) is 0 Å². The summed E-state index contributed by atoms with van der Waals surface area (Å²) < 4.78 is 2.09. The number of benzene rings is 2. The van der Waals surface area contributed by atoms with Gasteiger partial charge in [0.2, 0.25) is 0 Å². The maximum atomic E-state index is 4.49. The van der Waals surface area contributed by atoms with Gasteiger partial charge >= 0.3 is 0 Å². The van der Waals surface area contributed by atoms with Crippen molar-refractivity contribution in [2.24, 2.45) is 0 Å². The van der Waals surface area contributed by atoms with E-state index >= 15 is 0 Å². The molecule has 0 fully saturated rings. The van der Waals surface area contributed by atoms with E-state index in [-0.39, 0.29) is 0 Å². The van der Waals surface area contributed by atoms with E-state index in [4.69, 9.17) is 0 Å². The number of hydrogen-bond acceptors (Lipinski definition) is 1. The fraction of sp³-hybridized carbons (Fsp3) is 0. The zero-order valence-electron chi connectivity index (χ0n) is 10.8. The highest BCUT2D eigenvalue weighted by molar-refractivity contribution is 5.84. The number of fused-ring (bicyclic) bond motifs is 1. The van der Waals surface area contributed by atoms with Gasteiger partial charge < -0.3 is 4.98 Å². The lowest BCUT2D eigenvalue weighted by molar-refractivity contribution is 1.06. The molecule has 96 valence electrons. The zero-order chi connectivity index (χ0) is 13.4. The first-order valence-corrected chi connectivity index (χ1v) is 6.59. The molecule has 3 heteroatoms. The second-order valence-corrected chi connectivity index (χ2v) is 4.73. The topological polar surface area (TPSA) is 33.6 Å². The van der Waals surface area contributed by atoms with E-state index in [1.54, 1.807) is 0 Å². The second kappa shape index (κ2) is 4.38. The predicted octanol–water partition coefficient (Wildman–Crippen LogP) is 4.02. The fourth-order valence-electron chi connectivity index (χ4n) is 2.49. The Hall–Kier alpha value is -2.81. The average Bonchev–Trinajstić information content (AvgIpc) is 3.14. The number of para-hydroxylation sites is 2. The molecule has 0 radical (unpaired) electrons. The van der Waals surface area contributed by atoms with Crippen molar-refractivity contribution in [3.63, 3.8) is 0 Å². The number of nitrogens with one attached hydrogen (secondary N) is 1. The number of H-pyrrole nitrogens is 1. The van der Waals surface area contributed by atoms with Crippen molar-refractivity contribution in [2.75, 3.05) is 0 Å². The molecule has 4 aromatic rings. The smallest absolute Gasteiger partial charge is 0.161 e. The first kappa shape index (κ1) is 11.1. The van der Waals surface area contributed by atoms with E-state index in [1.165, 1.54) is 5.39 Å². The summed E-state index contributed by atoms with van der Waals surface area (Å²) in [7, 11) is 0. The number of aromatic amines is 1.